The SMILES string of the molecule is O=[N+]([O-])c1ccc(COc2ccc(CNc3ccccc3)cc2Br)cc1. The second-order valence-electron chi connectivity index (χ2n) is 5.70. The van der Waals surface area contributed by atoms with Crippen LogP contribution in [0.1, 0.15) is 11.1 Å². The molecule has 0 aliphatic heterocycles. The van der Waals surface area contributed by atoms with Crippen molar-refractivity contribution in [1.82, 2.24) is 0 Å². The van der Waals surface area contributed by atoms with Crippen molar-refractivity contribution < 1.29 is 9.66 Å². The lowest BCUT2D eigenvalue weighted by molar-refractivity contribution is -0.384. The number of benzene rings is 3. The molecule has 0 aromatic heterocycles. The van der Waals surface area contributed by atoms with Crippen LogP contribution in [0.3, 0.4) is 0 Å². The highest BCUT2D eigenvalue weighted by atomic mass is 79.9. The van der Waals surface area contributed by atoms with E-state index in [4.69, 9.17) is 4.74 Å². The molecule has 0 fully saturated rings. The molecule has 132 valence electrons. The quantitative estimate of drug-likeness (QED) is 0.408. The lowest BCUT2D eigenvalue weighted by Crippen LogP contribution is -2.00. The molecule has 26 heavy (non-hydrogen) atoms. The molecule has 0 atom stereocenters. The topological polar surface area (TPSA) is 64.4 Å². The number of hydrogen-bond acceptors (Lipinski definition) is 4. The van der Waals surface area contributed by atoms with Gasteiger partial charge >= 0.3 is 0 Å². The molecule has 6 heteroatoms. The highest BCUT2D eigenvalue weighted by molar-refractivity contribution is 9.10. The van der Waals surface area contributed by atoms with Gasteiger partial charge in [0.1, 0.15) is 12.4 Å². The summed E-state index contributed by atoms with van der Waals surface area (Å²) in [5.41, 5.74) is 3.15. The summed E-state index contributed by atoms with van der Waals surface area (Å²) in [6.45, 7) is 1.06. The number of nitrogens with zero attached hydrogens (tertiary/aromatic N) is 1. The minimum Gasteiger partial charge on any atom is -0.488 e. The standard InChI is InChI=1S/C20H17BrN2O3/c21-19-12-16(13-22-17-4-2-1-3-5-17)8-11-20(19)26-14-15-6-9-18(10-7-15)23(24)25/h1-12,22H,13-14H2. The Morgan fingerprint density at radius 1 is 0.962 bits per heavy atom. The van der Waals surface area contributed by atoms with Gasteiger partial charge < -0.3 is 10.1 Å². The van der Waals surface area contributed by atoms with E-state index in [9.17, 15) is 10.1 Å². The van der Waals surface area contributed by atoms with Gasteiger partial charge in [0, 0.05) is 24.4 Å². The molecule has 3 aromatic carbocycles. The molecule has 0 aliphatic carbocycles. The van der Waals surface area contributed by atoms with E-state index in [1.165, 1.54) is 12.1 Å². The van der Waals surface area contributed by atoms with Crippen LogP contribution in [0, 0.1) is 10.1 Å². The van der Waals surface area contributed by atoms with Crippen LogP contribution in [-0.2, 0) is 13.2 Å². The second-order valence-corrected chi connectivity index (χ2v) is 6.55. The van der Waals surface area contributed by atoms with Crippen LogP contribution < -0.4 is 10.1 Å². The third-order valence-corrected chi connectivity index (χ3v) is 4.43. The molecular weight excluding hydrogens is 396 g/mol. The Balaban J connectivity index is 1.58. The van der Waals surface area contributed by atoms with Crippen molar-refractivity contribution in [3.8, 4) is 5.75 Å². The van der Waals surface area contributed by atoms with Crippen LogP contribution in [0.4, 0.5) is 11.4 Å². The number of para-hydroxylation sites is 1. The molecular formula is C20H17BrN2O3. The molecule has 0 aliphatic rings. The van der Waals surface area contributed by atoms with E-state index >= 15 is 0 Å². The Kier molecular flexibility index (Phi) is 5.86. The average molecular weight is 413 g/mol. The van der Waals surface area contributed by atoms with Crippen molar-refractivity contribution in [2.45, 2.75) is 13.2 Å². The Morgan fingerprint density at radius 3 is 2.31 bits per heavy atom. The zero-order valence-corrected chi connectivity index (χ0v) is 15.5. The van der Waals surface area contributed by atoms with Gasteiger partial charge in [0.15, 0.2) is 0 Å². The molecule has 0 spiro atoms. The van der Waals surface area contributed by atoms with Crippen molar-refractivity contribution in [3.63, 3.8) is 0 Å². The predicted octanol–water partition coefficient (Wildman–Crippen LogP) is 5.55. The Labute approximate surface area is 159 Å². The number of nitrogens with one attached hydrogen (secondary N) is 1. The van der Waals surface area contributed by atoms with Crippen LogP contribution in [0.25, 0.3) is 0 Å². The summed E-state index contributed by atoms with van der Waals surface area (Å²) in [5, 5.41) is 14.0. The second kappa shape index (κ2) is 8.49. The van der Waals surface area contributed by atoms with E-state index in [1.54, 1.807) is 12.1 Å². The van der Waals surface area contributed by atoms with Crippen molar-refractivity contribution in [2.75, 3.05) is 5.32 Å². The number of rotatable bonds is 7. The van der Waals surface area contributed by atoms with E-state index in [0.717, 1.165) is 27.0 Å². The molecule has 0 heterocycles. The van der Waals surface area contributed by atoms with Gasteiger partial charge in [0.05, 0.1) is 9.40 Å². The first-order valence-corrected chi connectivity index (χ1v) is 8.84. The number of nitro groups is 1. The summed E-state index contributed by atoms with van der Waals surface area (Å²) in [6.07, 6.45) is 0. The van der Waals surface area contributed by atoms with Gasteiger partial charge in [-0.25, -0.2) is 0 Å². The maximum Gasteiger partial charge on any atom is 0.269 e. The minimum absolute atomic E-state index is 0.0743. The Bertz CT molecular complexity index is 883. The average Bonchev–Trinajstić information content (AvgIpc) is 2.67. The van der Waals surface area contributed by atoms with E-state index in [2.05, 4.69) is 21.2 Å². The van der Waals surface area contributed by atoms with Crippen LogP contribution in [0.15, 0.2) is 77.3 Å². The molecule has 0 saturated heterocycles. The molecule has 0 bridgehead atoms. The molecule has 0 saturated carbocycles. The summed E-state index contributed by atoms with van der Waals surface area (Å²) in [5.74, 6) is 0.729. The lowest BCUT2D eigenvalue weighted by Gasteiger charge is -2.11. The van der Waals surface area contributed by atoms with E-state index in [0.29, 0.717) is 13.2 Å². The van der Waals surface area contributed by atoms with Gasteiger partial charge in [-0.15, -0.1) is 0 Å². The normalized spacial score (nSPS) is 10.3. The fraction of sp³-hybridized carbons (Fsp3) is 0.100. The lowest BCUT2D eigenvalue weighted by atomic mass is 10.2. The molecule has 5 nitrogen and oxygen atoms in total. The highest BCUT2D eigenvalue weighted by Gasteiger charge is 2.06. The molecule has 0 radical (unpaired) electrons. The fourth-order valence-electron chi connectivity index (χ4n) is 2.41. The summed E-state index contributed by atoms with van der Waals surface area (Å²) in [7, 11) is 0. The summed E-state index contributed by atoms with van der Waals surface area (Å²) >= 11 is 3.54. The maximum atomic E-state index is 10.7. The molecule has 1 N–H and O–H groups in total. The molecule has 0 unspecified atom stereocenters. The third-order valence-electron chi connectivity index (χ3n) is 3.81. The first-order chi connectivity index (χ1) is 12.6. The number of anilines is 1. The number of hydrogen-bond donors (Lipinski definition) is 1. The van der Waals surface area contributed by atoms with Crippen molar-refractivity contribution in [3.05, 3.63) is 98.5 Å². The van der Waals surface area contributed by atoms with Crippen molar-refractivity contribution in [2.24, 2.45) is 0 Å². The van der Waals surface area contributed by atoms with Gasteiger partial charge in [0.25, 0.3) is 5.69 Å². The number of ether oxygens (including phenoxy) is 1. The van der Waals surface area contributed by atoms with Crippen molar-refractivity contribution >= 4 is 27.3 Å². The zero-order valence-electron chi connectivity index (χ0n) is 13.9. The summed E-state index contributed by atoms with van der Waals surface area (Å²) in [6, 6.07) is 22.3. The largest absolute Gasteiger partial charge is 0.488 e. The van der Waals surface area contributed by atoms with E-state index < -0.39 is 4.92 Å². The Hall–Kier alpha value is -2.86. The third kappa shape index (κ3) is 4.83. The first kappa shape index (κ1) is 17.9. The number of halogens is 1. The summed E-state index contributed by atoms with van der Waals surface area (Å²) in [4.78, 5) is 10.3. The van der Waals surface area contributed by atoms with E-state index in [1.807, 2.05) is 48.5 Å². The van der Waals surface area contributed by atoms with Crippen LogP contribution >= 0.6 is 15.9 Å². The predicted molar refractivity (Wildman–Crippen MR) is 105 cm³/mol. The van der Waals surface area contributed by atoms with Gasteiger partial charge in [-0.3, -0.25) is 10.1 Å². The van der Waals surface area contributed by atoms with Gasteiger partial charge in [-0.2, -0.15) is 0 Å². The van der Waals surface area contributed by atoms with Crippen molar-refractivity contribution in [1.29, 1.82) is 0 Å². The monoisotopic (exact) mass is 412 g/mol. The molecule has 0 amide bonds. The smallest absolute Gasteiger partial charge is 0.269 e. The van der Waals surface area contributed by atoms with Crippen LogP contribution in [0.2, 0.25) is 0 Å². The van der Waals surface area contributed by atoms with Gasteiger partial charge in [-0.05, 0) is 63.5 Å². The summed E-state index contributed by atoms with van der Waals surface area (Å²) < 4.78 is 6.67. The molecule has 3 aromatic rings. The van der Waals surface area contributed by atoms with E-state index in [-0.39, 0.29) is 5.69 Å². The molecule has 3 rings (SSSR count). The first-order valence-electron chi connectivity index (χ1n) is 8.05. The minimum atomic E-state index is -0.413. The maximum absolute atomic E-state index is 10.7. The van der Waals surface area contributed by atoms with Crippen LogP contribution in [0.5, 0.6) is 5.75 Å². The Morgan fingerprint density at radius 2 is 1.65 bits per heavy atom. The fourth-order valence-corrected chi connectivity index (χ4v) is 2.95. The zero-order chi connectivity index (χ0) is 18.4. The highest BCUT2D eigenvalue weighted by Crippen LogP contribution is 2.27. The number of nitro benzene ring substituents is 1. The van der Waals surface area contributed by atoms with Crippen LogP contribution in [-0.4, -0.2) is 4.92 Å². The van der Waals surface area contributed by atoms with Gasteiger partial charge in [0.2, 0.25) is 0 Å². The van der Waals surface area contributed by atoms with Gasteiger partial charge in [-0.1, -0.05) is 24.3 Å². The number of non-ortho nitro benzene ring substituents is 1.